The van der Waals surface area contributed by atoms with E-state index < -0.39 is 5.37 Å². The molecule has 0 aliphatic carbocycles. The van der Waals surface area contributed by atoms with Crippen molar-refractivity contribution < 1.29 is 19.1 Å². The summed E-state index contributed by atoms with van der Waals surface area (Å²) in [6.45, 7) is 9.95. The topological polar surface area (TPSA) is 80.2 Å². The van der Waals surface area contributed by atoms with E-state index in [0.29, 0.717) is 34.7 Å². The lowest BCUT2D eigenvalue weighted by Crippen LogP contribution is -2.25. The Labute approximate surface area is 203 Å². The summed E-state index contributed by atoms with van der Waals surface area (Å²) in [7, 11) is 0. The Hall–Kier alpha value is -2.71. The summed E-state index contributed by atoms with van der Waals surface area (Å²) >= 11 is 7.47. The predicted octanol–water partition coefficient (Wildman–Crippen LogP) is 5.10. The van der Waals surface area contributed by atoms with Gasteiger partial charge in [0.05, 0.1) is 0 Å². The number of halogens is 1. The second-order valence-electron chi connectivity index (χ2n) is 8.57. The van der Waals surface area contributed by atoms with Crippen LogP contribution >= 0.6 is 23.4 Å². The van der Waals surface area contributed by atoms with Gasteiger partial charge in [-0.2, -0.15) is 0 Å². The molecule has 0 aromatic heterocycles. The minimum Gasteiger partial charge on any atom is -0.490 e. The summed E-state index contributed by atoms with van der Waals surface area (Å²) in [5, 5.41) is 8.50. The van der Waals surface area contributed by atoms with E-state index in [1.807, 2.05) is 12.1 Å². The molecule has 1 atom stereocenters. The maximum atomic E-state index is 12.2. The number of thioether (sulfide) groups is 1. The zero-order valence-electron chi connectivity index (χ0n) is 19.3. The van der Waals surface area contributed by atoms with Crippen LogP contribution in [0.3, 0.4) is 0 Å². The summed E-state index contributed by atoms with van der Waals surface area (Å²) in [6, 6.07) is 13.2. The molecule has 176 valence electrons. The van der Waals surface area contributed by atoms with E-state index in [2.05, 4.69) is 43.3 Å². The first-order chi connectivity index (χ1) is 15.5. The smallest absolute Gasteiger partial charge is 0.241 e. The van der Waals surface area contributed by atoms with Gasteiger partial charge in [0, 0.05) is 24.4 Å². The SMILES string of the molecule is CC(=O)NC1=NN(C(C)=O)[C@H](c2cc(Cl)ccc2OCCOc2ccc(C(C)(C)C)cc2)S1. The lowest BCUT2D eigenvalue weighted by atomic mass is 9.87. The average Bonchev–Trinajstić information content (AvgIpc) is 3.15. The van der Waals surface area contributed by atoms with E-state index in [0.717, 1.165) is 5.75 Å². The molecule has 0 saturated heterocycles. The molecule has 3 rings (SSSR count). The Balaban J connectivity index is 1.66. The molecular formula is C24H28ClN3O4S. The Morgan fingerprint density at radius 2 is 1.76 bits per heavy atom. The van der Waals surface area contributed by atoms with Gasteiger partial charge in [-0.3, -0.25) is 9.59 Å². The van der Waals surface area contributed by atoms with E-state index in [-0.39, 0.29) is 17.2 Å². The monoisotopic (exact) mass is 489 g/mol. The van der Waals surface area contributed by atoms with Crippen molar-refractivity contribution in [3.63, 3.8) is 0 Å². The van der Waals surface area contributed by atoms with Crippen LogP contribution < -0.4 is 14.8 Å². The lowest BCUT2D eigenvalue weighted by Gasteiger charge is -2.22. The number of amides is 2. The first-order valence-corrected chi connectivity index (χ1v) is 11.8. The van der Waals surface area contributed by atoms with Gasteiger partial charge in [-0.25, -0.2) is 5.01 Å². The highest BCUT2D eigenvalue weighted by molar-refractivity contribution is 8.14. The van der Waals surface area contributed by atoms with Crippen molar-refractivity contribution in [2.45, 2.75) is 45.4 Å². The summed E-state index contributed by atoms with van der Waals surface area (Å²) in [5.74, 6) is 0.806. The van der Waals surface area contributed by atoms with Crippen LogP contribution in [0.5, 0.6) is 11.5 Å². The average molecular weight is 490 g/mol. The van der Waals surface area contributed by atoms with E-state index >= 15 is 0 Å². The number of rotatable bonds is 6. The Morgan fingerprint density at radius 1 is 1.09 bits per heavy atom. The quantitative estimate of drug-likeness (QED) is 0.571. The molecule has 7 nitrogen and oxygen atoms in total. The highest BCUT2D eigenvalue weighted by Gasteiger charge is 2.34. The highest BCUT2D eigenvalue weighted by atomic mass is 35.5. The van der Waals surface area contributed by atoms with Crippen LogP contribution in [0.15, 0.2) is 47.6 Å². The maximum absolute atomic E-state index is 12.2. The van der Waals surface area contributed by atoms with Crippen molar-refractivity contribution in [2.75, 3.05) is 13.2 Å². The molecular weight excluding hydrogens is 462 g/mol. The predicted molar refractivity (Wildman–Crippen MR) is 132 cm³/mol. The summed E-state index contributed by atoms with van der Waals surface area (Å²) in [5.41, 5.74) is 2.01. The third-order valence-electron chi connectivity index (χ3n) is 4.82. The molecule has 0 unspecified atom stereocenters. The largest absolute Gasteiger partial charge is 0.490 e. The van der Waals surface area contributed by atoms with E-state index in [4.69, 9.17) is 21.1 Å². The first-order valence-electron chi connectivity index (χ1n) is 10.5. The number of hydrazone groups is 1. The number of amidine groups is 1. The van der Waals surface area contributed by atoms with Gasteiger partial charge in [0.15, 0.2) is 5.17 Å². The second kappa shape index (κ2) is 10.5. The van der Waals surface area contributed by atoms with Crippen molar-refractivity contribution in [1.82, 2.24) is 10.3 Å². The molecule has 1 aliphatic heterocycles. The fraction of sp³-hybridized carbons (Fsp3) is 0.375. The molecule has 0 fully saturated rings. The number of carbonyl (C=O) groups excluding carboxylic acids is 2. The van der Waals surface area contributed by atoms with Gasteiger partial charge in [-0.1, -0.05) is 56.3 Å². The number of hydrogen-bond acceptors (Lipinski definition) is 6. The fourth-order valence-electron chi connectivity index (χ4n) is 3.17. The standard InChI is InChI=1S/C24H28ClN3O4S/c1-15(29)26-23-27-28(16(2)30)22(33-23)20-14-18(25)8-11-21(20)32-13-12-31-19-9-6-17(7-10-19)24(3,4)5/h6-11,14,22H,12-13H2,1-5H3,(H,26,27,29)/t22-/m0/s1. The van der Waals surface area contributed by atoms with Crippen LogP contribution in [-0.2, 0) is 15.0 Å². The van der Waals surface area contributed by atoms with Crippen molar-refractivity contribution >= 4 is 40.3 Å². The number of hydrogen-bond donors (Lipinski definition) is 1. The minimum atomic E-state index is -0.510. The number of nitrogens with one attached hydrogen (secondary N) is 1. The molecule has 2 aromatic rings. The summed E-state index contributed by atoms with van der Waals surface area (Å²) in [4.78, 5) is 23.6. The third kappa shape index (κ3) is 6.65. The van der Waals surface area contributed by atoms with Gasteiger partial charge in [0.25, 0.3) is 0 Å². The van der Waals surface area contributed by atoms with Gasteiger partial charge >= 0.3 is 0 Å². The maximum Gasteiger partial charge on any atom is 0.241 e. The van der Waals surface area contributed by atoms with Gasteiger partial charge < -0.3 is 14.8 Å². The Morgan fingerprint density at radius 3 is 2.36 bits per heavy atom. The second-order valence-corrected chi connectivity index (χ2v) is 10.1. The van der Waals surface area contributed by atoms with E-state index in [1.165, 1.54) is 36.2 Å². The van der Waals surface area contributed by atoms with Crippen molar-refractivity contribution in [2.24, 2.45) is 5.10 Å². The Bertz CT molecular complexity index is 1050. The molecule has 33 heavy (non-hydrogen) atoms. The zero-order chi connectivity index (χ0) is 24.2. The number of nitrogens with zero attached hydrogens (tertiary/aromatic N) is 2. The molecule has 9 heteroatoms. The van der Waals surface area contributed by atoms with Crippen molar-refractivity contribution in [3.05, 3.63) is 58.6 Å². The zero-order valence-corrected chi connectivity index (χ0v) is 20.9. The summed E-state index contributed by atoms with van der Waals surface area (Å²) < 4.78 is 11.8. The molecule has 0 saturated carbocycles. The van der Waals surface area contributed by atoms with Crippen LogP contribution in [0.1, 0.15) is 51.1 Å². The molecule has 1 heterocycles. The normalized spacial score (nSPS) is 15.8. The fourth-order valence-corrected chi connectivity index (χ4v) is 4.51. The van der Waals surface area contributed by atoms with Crippen LogP contribution in [-0.4, -0.2) is 35.2 Å². The van der Waals surface area contributed by atoms with Gasteiger partial charge in [0.2, 0.25) is 11.8 Å². The van der Waals surface area contributed by atoms with Crippen LogP contribution in [0.2, 0.25) is 5.02 Å². The lowest BCUT2D eigenvalue weighted by molar-refractivity contribution is -0.129. The van der Waals surface area contributed by atoms with Crippen LogP contribution in [0.4, 0.5) is 0 Å². The minimum absolute atomic E-state index is 0.0855. The summed E-state index contributed by atoms with van der Waals surface area (Å²) in [6.07, 6.45) is 0. The third-order valence-corrected chi connectivity index (χ3v) is 6.14. The first kappa shape index (κ1) is 24.9. The van der Waals surface area contributed by atoms with Crippen LogP contribution in [0, 0.1) is 0 Å². The van der Waals surface area contributed by atoms with Crippen molar-refractivity contribution in [3.8, 4) is 11.5 Å². The van der Waals surface area contributed by atoms with E-state index in [9.17, 15) is 9.59 Å². The van der Waals surface area contributed by atoms with E-state index in [1.54, 1.807) is 18.2 Å². The van der Waals surface area contributed by atoms with Gasteiger partial charge in [0.1, 0.15) is 30.1 Å². The number of carbonyl (C=O) groups is 2. The molecule has 2 aromatic carbocycles. The molecule has 0 radical (unpaired) electrons. The molecule has 0 spiro atoms. The van der Waals surface area contributed by atoms with Gasteiger partial charge in [-0.05, 0) is 41.3 Å². The molecule has 2 amide bonds. The van der Waals surface area contributed by atoms with Gasteiger partial charge in [-0.15, -0.1) is 5.10 Å². The van der Waals surface area contributed by atoms with Crippen molar-refractivity contribution in [1.29, 1.82) is 0 Å². The van der Waals surface area contributed by atoms with Crippen LogP contribution in [0.25, 0.3) is 0 Å². The molecule has 0 bridgehead atoms. The molecule has 1 N–H and O–H groups in total. The number of ether oxygens (including phenoxy) is 2. The highest BCUT2D eigenvalue weighted by Crippen LogP contribution is 2.43. The Kier molecular flexibility index (Phi) is 7.92. The molecule has 1 aliphatic rings. The number of benzene rings is 2.